The van der Waals surface area contributed by atoms with Crippen LogP contribution in [0.15, 0.2) is 52.9 Å². The van der Waals surface area contributed by atoms with Crippen LogP contribution in [0.5, 0.6) is 11.5 Å². The number of thioether (sulfide) groups is 1. The number of anilines is 1. The molecule has 3 aromatic rings. The largest absolute Gasteiger partial charge is 0.486 e. The lowest BCUT2D eigenvalue weighted by atomic mass is 10.0. The van der Waals surface area contributed by atoms with Crippen LogP contribution in [0.25, 0.3) is 0 Å². The third-order valence-corrected chi connectivity index (χ3v) is 7.78. The second-order valence-electron chi connectivity index (χ2n) is 7.97. The predicted octanol–water partition coefficient (Wildman–Crippen LogP) is 4.42. The van der Waals surface area contributed by atoms with Gasteiger partial charge in [-0.3, -0.25) is 4.79 Å². The number of carbonyl (C=O) groups excluding carboxylic acids is 1. The second kappa shape index (κ2) is 10.4. The Morgan fingerprint density at radius 3 is 2.85 bits per heavy atom. The molecule has 1 saturated heterocycles. The molecule has 1 amide bonds. The van der Waals surface area contributed by atoms with Crippen LogP contribution >= 0.6 is 23.1 Å². The van der Waals surface area contributed by atoms with E-state index in [1.165, 1.54) is 28.7 Å². The summed E-state index contributed by atoms with van der Waals surface area (Å²) >= 11 is 2.95. The second-order valence-corrected chi connectivity index (χ2v) is 10.2. The maximum Gasteiger partial charge on any atom is 0.233 e. The molecule has 3 heterocycles. The SMILES string of the molecule is O=C(CSc1nnc(NCCc2ccccc2)s1)N1CCC[C@@H]1c1ccc2c(c1)OCCO2. The highest BCUT2D eigenvalue weighted by Gasteiger charge is 2.31. The minimum Gasteiger partial charge on any atom is -0.486 e. The lowest BCUT2D eigenvalue weighted by molar-refractivity contribution is -0.129. The van der Waals surface area contributed by atoms with Crippen molar-refractivity contribution in [3.05, 3.63) is 59.7 Å². The molecule has 33 heavy (non-hydrogen) atoms. The van der Waals surface area contributed by atoms with E-state index in [2.05, 4.69) is 33.7 Å². The van der Waals surface area contributed by atoms with E-state index in [-0.39, 0.29) is 11.9 Å². The summed E-state index contributed by atoms with van der Waals surface area (Å²) in [5.74, 6) is 2.04. The number of amides is 1. The highest BCUT2D eigenvalue weighted by Crippen LogP contribution is 2.38. The van der Waals surface area contributed by atoms with Crippen LogP contribution in [0.2, 0.25) is 0 Å². The molecular weight excluding hydrogens is 456 g/mol. The first kappa shape index (κ1) is 22.0. The lowest BCUT2D eigenvalue weighted by Crippen LogP contribution is -2.32. The van der Waals surface area contributed by atoms with E-state index in [0.717, 1.165) is 58.9 Å². The molecular formula is C24H26N4O3S2. The first-order valence-electron chi connectivity index (χ1n) is 11.2. The molecule has 0 unspecified atom stereocenters. The third kappa shape index (κ3) is 5.42. The summed E-state index contributed by atoms with van der Waals surface area (Å²) in [5, 5.41) is 12.6. The monoisotopic (exact) mass is 482 g/mol. The van der Waals surface area contributed by atoms with Crippen molar-refractivity contribution >= 4 is 34.1 Å². The van der Waals surface area contributed by atoms with Crippen LogP contribution in [0.1, 0.15) is 30.0 Å². The van der Waals surface area contributed by atoms with Gasteiger partial charge in [-0.1, -0.05) is 59.5 Å². The van der Waals surface area contributed by atoms with E-state index < -0.39 is 0 Å². The van der Waals surface area contributed by atoms with Gasteiger partial charge in [-0.25, -0.2) is 0 Å². The number of nitrogens with zero attached hydrogens (tertiary/aromatic N) is 3. The Balaban J connectivity index is 1.13. The fourth-order valence-corrected chi connectivity index (χ4v) is 5.85. The predicted molar refractivity (Wildman–Crippen MR) is 130 cm³/mol. The number of ether oxygens (including phenoxy) is 2. The molecule has 5 rings (SSSR count). The zero-order chi connectivity index (χ0) is 22.5. The summed E-state index contributed by atoms with van der Waals surface area (Å²) < 4.78 is 12.2. The van der Waals surface area contributed by atoms with Gasteiger partial charge < -0.3 is 19.7 Å². The summed E-state index contributed by atoms with van der Waals surface area (Å²) in [5.41, 5.74) is 2.39. The molecule has 2 aliphatic heterocycles. The maximum absolute atomic E-state index is 13.0. The van der Waals surface area contributed by atoms with Crippen molar-refractivity contribution in [3.8, 4) is 11.5 Å². The van der Waals surface area contributed by atoms with Crippen molar-refractivity contribution in [2.24, 2.45) is 0 Å². The summed E-state index contributed by atoms with van der Waals surface area (Å²) in [6.07, 6.45) is 2.89. The highest BCUT2D eigenvalue weighted by atomic mass is 32.2. The van der Waals surface area contributed by atoms with E-state index in [4.69, 9.17) is 9.47 Å². The minimum atomic E-state index is 0.0820. The molecule has 1 fully saturated rings. The van der Waals surface area contributed by atoms with E-state index >= 15 is 0 Å². The number of hydrogen-bond donors (Lipinski definition) is 1. The number of carbonyl (C=O) groups is 1. The fourth-order valence-electron chi connectivity index (χ4n) is 4.18. The first-order chi connectivity index (χ1) is 16.3. The zero-order valence-electron chi connectivity index (χ0n) is 18.2. The maximum atomic E-state index is 13.0. The van der Waals surface area contributed by atoms with Crippen molar-refractivity contribution in [2.75, 3.05) is 37.4 Å². The van der Waals surface area contributed by atoms with E-state index in [9.17, 15) is 4.79 Å². The first-order valence-corrected chi connectivity index (χ1v) is 13.0. The van der Waals surface area contributed by atoms with Crippen LogP contribution in [0.4, 0.5) is 5.13 Å². The van der Waals surface area contributed by atoms with Crippen LogP contribution in [-0.2, 0) is 11.2 Å². The number of fused-ring (bicyclic) bond motifs is 1. The van der Waals surface area contributed by atoms with Gasteiger partial charge in [0.1, 0.15) is 13.2 Å². The Hall–Kier alpha value is -2.78. The van der Waals surface area contributed by atoms with Crippen LogP contribution < -0.4 is 14.8 Å². The molecule has 7 nitrogen and oxygen atoms in total. The average molecular weight is 483 g/mol. The van der Waals surface area contributed by atoms with Gasteiger partial charge in [0, 0.05) is 13.1 Å². The van der Waals surface area contributed by atoms with Gasteiger partial charge >= 0.3 is 0 Å². The molecule has 0 bridgehead atoms. The third-order valence-electron chi connectivity index (χ3n) is 5.78. The Bertz CT molecular complexity index is 1090. The number of hydrogen-bond acceptors (Lipinski definition) is 8. The van der Waals surface area contributed by atoms with E-state index in [1.54, 1.807) is 0 Å². The molecule has 1 N–H and O–H groups in total. The minimum absolute atomic E-state index is 0.0820. The molecule has 0 saturated carbocycles. The van der Waals surface area contributed by atoms with Gasteiger partial charge in [-0.2, -0.15) is 0 Å². The van der Waals surface area contributed by atoms with Gasteiger partial charge in [0.2, 0.25) is 11.0 Å². The van der Waals surface area contributed by atoms with E-state index in [0.29, 0.717) is 19.0 Å². The van der Waals surface area contributed by atoms with Crippen molar-refractivity contribution in [1.82, 2.24) is 15.1 Å². The molecule has 9 heteroatoms. The van der Waals surface area contributed by atoms with Crippen LogP contribution in [-0.4, -0.2) is 53.1 Å². The van der Waals surface area contributed by atoms with Crippen LogP contribution in [0.3, 0.4) is 0 Å². The summed E-state index contributed by atoms with van der Waals surface area (Å²) in [6, 6.07) is 16.5. The van der Waals surface area contributed by atoms with Gasteiger partial charge in [0.25, 0.3) is 0 Å². The van der Waals surface area contributed by atoms with Gasteiger partial charge in [-0.05, 0) is 42.5 Å². The van der Waals surface area contributed by atoms with Crippen molar-refractivity contribution in [2.45, 2.75) is 29.6 Å². The van der Waals surface area contributed by atoms with Crippen molar-refractivity contribution < 1.29 is 14.3 Å². The summed E-state index contributed by atoms with van der Waals surface area (Å²) in [7, 11) is 0. The van der Waals surface area contributed by atoms with Gasteiger partial charge in [-0.15, -0.1) is 10.2 Å². The molecule has 172 valence electrons. The number of rotatable bonds is 8. The summed E-state index contributed by atoms with van der Waals surface area (Å²) in [4.78, 5) is 15.0. The number of nitrogens with one attached hydrogen (secondary N) is 1. The number of benzene rings is 2. The fraction of sp³-hybridized carbons (Fsp3) is 0.375. The van der Waals surface area contributed by atoms with E-state index in [1.807, 2.05) is 35.2 Å². The molecule has 1 aromatic heterocycles. The quantitative estimate of drug-likeness (QED) is 0.476. The number of aromatic nitrogens is 2. The normalized spacial score (nSPS) is 17.2. The van der Waals surface area contributed by atoms with Crippen molar-refractivity contribution in [3.63, 3.8) is 0 Å². The molecule has 2 aromatic carbocycles. The Labute approximate surface area is 201 Å². The molecule has 0 aliphatic carbocycles. The highest BCUT2D eigenvalue weighted by molar-refractivity contribution is 8.01. The average Bonchev–Trinajstić information content (AvgIpc) is 3.53. The summed E-state index contributed by atoms with van der Waals surface area (Å²) in [6.45, 7) is 2.72. The lowest BCUT2D eigenvalue weighted by Gasteiger charge is -2.26. The Kier molecular flexibility index (Phi) is 6.97. The topological polar surface area (TPSA) is 76.6 Å². The van der Waals surface area contributed by atoms with Gasteiger partial charge in [0.05, 0.1) is 11.8 Å². The van der Waals surface area contributed by atoms with Crippen molar-refractivity contribution in [1.29, 1.82) is 0 Å². The Morgan fingerprint density at radius 2 is 1.97 bits per heavy atom. The zero-order valence-corrected chi connectivity index (χ0v) is 19.9. The smallest absolute Gasteiger partial charge is 0.233 e. The molecule has 0 radical (unpaired) electrons. The standard InChI is InChI=1S/C24H26N4O3S2/c29-22(16-32-24-27-26-23(33-24)25-11-10-17-5-2-1-3-6-17)28-12-4-7-19(28)18-8-9-20-21(15-18)31-14-13-30-20/h1-3,5-6,8-9,15,19H,4,7,10-14,16H2,(H,25,26)/t19-/m1/s1. The molecule has 1 atom stereocenters. The molecule has 0 spiro atoms. The Morgan fingerprint density at radius 1 is 1.12 bits per heavy atom. The molecule has 2 aliphatic rings. The van der Waals surface area contributed by atoms with Gasteiger partial charge in [0.15, 0.2) is 15.8 Å². The van der Waals surface area contributed by atoms with Crippen LogP contribution in [0, 0.1) is 0 Å². The number of likely N-dealkylation sites (tertiary alicyclic amines) is 1.